The molecule has 0 saturated carbocycles. The first kappa shape index (κ1) is 12.2. The van der Waals surface area contributed by atoms with E-state index in [1.54, 1.807) is 32.2 Å². The second-order valence-electron chi connectivity index (χ2n) is 4.44. The summed E-state index contributed by atoms with van der Waals surface area (Å²) in [6, 6.07) is 5.26. The van der Waals surface area contributed by atoms with Crippen molar-refractivity contribution in [2.75, 3.05) is 11.1 Å². The van der Waals surface area contributed by atoms with Gasteiger partial charge in [-0.2, -0.15) is 5.10 Å². The number of hydrogen-bond acceptors (Lipinski definition) is 5. The highest BCUT2D eigenvalue weighted by Crippen LogP contribution is 2.20. The van der Waals surface area contributed by atoms with Crippen molar-refractivity contribution in [3.05, 3.63) is 36.0 Å². The van der Waals surface area contributed by atoms with Gasteiger partial charge in [0.15, 0.2) is 11.5 Å². The van der Waals surface area contributed by atoms with Crippen LogP contribution >= 0.6 is 0 Å². The minimum absolute atomic E-state index is 0.318. The molecule has 20 heavy (non-hydrogen) atoms. The monoisotopic (exact) mass is 271 g/mol. The van der Waals surface area contributed by atoms with E-state index < -0.39 is 0 Å². The van der Waals surface area contributed by atoms with E-state index in [1.807, 2.05) is 0 Å². The number of nitrogens with one attached hydrogen (secondary N) is 1. The van der Waals surface area contributed by atoms with Gasteiger partial charge >= 0.3 is 0 Å². The van der Waals surface area contributed by atoms with Gasteiger partial charge in [-0.15, -0.1) is 0 Å². The molecule has 0 radical (unpaired) electrons. The van der Waals surface area contributed by atoms with Gasteiger partial charge in [-0.25, -0.2) is 4.98 Å². The maximum absolute atomic E-state index is 12.2. The summed E-state index contributed by atoms with van der Waals surface area (Å²) in [5, 5.41) is 6.70. The minimum Gasteiger partial charge on any atom is -0.441 e. The summed E-state index contributed by atoms with van der Waals surface area (Å²) >= 11 is 0. The highest BCUT2D eigenvalue weighted by atomic mass is 16.3. The lowest BCUT2D eigenvalue weighted by atomic mass is 10.2. The molecule has 2 heterocycles. The van der Waals surface area contributed by atoms with Crippen LogP contribution in [-0.4, -0.2) is 20.7 Å². The molecule has 3 aromatic rings. The number of carbonyl (C=O) groups is 1. The zero-order chi connectivity index (χ0) is 14.3. The Bertz CT molecular complexity index is 783. The fourth-order valence-corrected chi connectivity index (χ4v) is 2.04. The number of hydrogen-bond donors (Lipinski definition) is 2. The molecular weight excluding hydrogens is 258 g/mol. The number of rotatable bonds is 2. The van der Waals surface area contributed by atoms with Gasteiger partial charge in [-0.05, 0) is 18.2 Å². The highest BCUT2D eigenvalue weighted by molar-refractivity contribution is 6.06. The first-order valence-corrected chi connectivity index (χ1v) is 6.00. The number of aromatic nitrogens is 3. The molecule has 0 fully saturated rings. The number of aryl methyl sites for hydroxylation is 2. The number of benzene rings is 1. The van der Waals surface area contributed by atoms with E-state index >= 15 is 0 Å². The summed E-state index contributed by atoms with van der Waals surface area (Å²) in [7, 11) is 1.66. The first-order chi connectivity index (χ1) is 9.54. The van der Waals surface area contributed by atoms with Gasteiger partial charge in [0.1, 0.15) is 11.2 Å². The fraction of sp³-hybridized carbons (Fsp3) is 0.154. The topological polar surface area (TPSA) is 99.0 Å². The van der Waals surface area contributed by atoms with Gasteiger partial charge < -0.3 is 15.5 Å². The zero-order valence-electron chi connectivity index (χ0n) is 11.0. The molecule has 102 valence electrons. The van der Waals surface area contributed by atoms with Gasteiger partial charge in [-0.3, -0.25) is 9.48 Å². The number of nitrogens with two attached hydrogens (primary N) is 1. The van der Waals surface area contributed by atoms with Crippen molar-refractivity contribution >= 4 is 28.4 Å². The minimum atomic E-state index is -0.318. The number of amides is 1. The van der Waals surface area contributed by atoms with Gasteiger partial charge in [0.2, 0.25) is 0 Å². The number of carbonyl (C=O) groups excluding carboxylic acids is 1. The number of oxazole rings is 1. The highest BCUT2D eigenvalue weighted by Gasteiger charge is 2.15. The van der Waals surface area contributed by atoms with Crippen LogP contribution in [0.2, 0.25) is 0 Å². The Morgan fingerprint density at radius 1 is 1.45 bits per heavy atom. The zero-order valence-corrected chi connectivity index (χ0v) is 11.0. The SMILES string of the molecule is Cc1nc2cc(NC(=O)c3c(N)cnn3C)ccc2o1. The molecule has 0 saturated heterocycles. The average Bonchev–Trinajstić information content (AvgIpc) is 2.91. The third kappa shape index (κ3) is 1.99. The third-order valence-corrected chi connectivity index (χ3v) is 2.93. The van der Waals surface area contributed by atoms with Crippen LogP contribution in [0.5, 0.6) is 0 Å². The lowest BCUT2D eigenvalue weighted by Gasteiger charge is -2.06. The molecule has 0 bridgehead atoms. The van der Waals surface area contributed by atoms with Crippen LogP contribution in [0.25, 0.3) is 11.1 Å². The number of nitrogen functional groups attached to an aromatic ring is 1. The standard InChI is InChI=1S/C13H13N5O2/c1-7-16-10-5-8(3-4-11(10)20-7)17-13(19)12-9(14)6-15-18(12)2/h3-6H,14H2,1-2H3,(H,17,19). The number of nitrogens with zero attached hydrogens (tertiary/aromatic N) is 3. The maximum Gasteiger partial charge on any atom is 0.276 e. The molecule has 0 spiro atoms. The molecule has 7 heteroatoms. The quantitative estimate of drug-likeness (QED) is 0.739. The molecule has 3 N–H and O–H groups in total. The lowest BCUT2D eigenvalue weighted by molar-refractivity contribution is 0.101. The summed E-state index contributed by atoms with van der Waals surface area (Å²) in [6.07, 6.45) is 1.44. The lowest BCUT2D eigenvalue weighted by Crippen LogP contribution is -2.17. The van der Waals surface area contributed by atoms with Crippen molar-refractivity contribution in [2.45, 2.75) is 6.92 Å². The Morgan fingerprint density at radius 3 is 2.95 bits per heavy atom. The summed E-state index contributed by atoms with van der Waals surface area (Å²) < 4.78 is 6.81. The summed E-state index contributed by atoms with van der Waals surface area (Å²) in [5.74, 6) is 0.265. The summed E-state index contributed by atoms with van der Waals surface area (Å²) in [4.78, 5) is 16.4. The van der Waals surface area contributed by atoms with Crippen LogP contribution in [0.3, 0.4) is 0 Å². The first-order valence-electron chi connectivity index (χ1n) is 6.00. The van der Waals surface area contributed by atoms with E-state index in [0.29, 0.717) is 34.1 Å². The van der Waals surface area contributed by atoms with Crippen molar-refractivity contribution in [1.29, 1.82) is 0 Å². The Labute approximate surface area is 114 Å². The predicted molar refractivity (Wildman–Crippen MR) is 74.3 cm³/mol. The van der Waals surface area contributed by atoms with E-state index in [2.05, 4.69) is 15.4 Å². The van der Waals surface area contributed by atoms with E-state index in [-0.39, 0.29) is 5.91 Å². The van der Waals surface area contributed by atoms with Crippen LogP contribution in [0, 0.1) is 6.92 Å². The largest absolute Gasteiger partial charge is 0.441 e. The van der Waals surface area contributed by atoms with Crippen molar-refractivity contribution < 1.29 is 9.21 Å². The molecule has 0 atom stereocenters. The van der Waals surface area contributed by atoms with Gasteiger partial charge in [-0.1, -0.05) is 0 Å². The predicted octanol–water partition coefficient (Wildman–Crippen LogP) is 1.70. The van der Waals surface area contributed by atoms with Crippen molar-refractivity contribution in [2.24, 2.45) is 7.05 Å². The number of fused-ring (bicyclic) bond motifs is 1. The van der Waals surface area contributed by atoms with Gasteiger partial charge in [0.05, 0.1) is 11.9 Å². The molecule has 0 aliphatic heterocycles. The van der Waals surface area contributed by atoms with E-state index in [1.165, 1.54) is 10.9 Å². The maximum atomic E-state index is 12.2. The van der Waals surface area contributed by atoms with Crippen LogP contribution in [-0.2, 0) is 7.05 Å². The molecule has 3 rings (SSSR count). The average molecular weight is 271 g/mol. The smallest absolute Gasteiger partial charge is 0.276 e. The van der Waals surface area contributed by atoms with E-state index in [0.717, 1.165) is 0 Å². The van der Waals surface area contributed by atoms with Crippen LogP contribution in [0.4, 0.5) is 11.4 Å². The fourth-order valence-electron chi connectivity index (χ4n) is 2.04. The molecule has 0 unspecified atom stereocenters. The molecule has 1 amide bonds. The summed E-state index contributed by atoms with van der Waals surface area (Å²) in [6.45, 7) is 1.77. The van der Waals surface area contributed by atoms with E-state index in [4.69, 9.17) is 10.2 Å². The van der Waals surface area contributed by atoms with Gasteiger partial charge in [0.25, 0.3) is 5.91 Å². The second kappa shape index (κ2) is 4.37. The Hall–Kier alpha value is -2.83. The normalized spacial score (nSPS) is 10.9. The van der Waals surface area contributed by atoms with Crippen molar-refractivity contribution in [3.63, 3.8) is 0 Å². The Balaban J connectivity index is 1.91. The van der Waals surface area contributed by atoms with Crippen LogP contribution in [0.1, 0.15) is 16.4 Å². The second-order valence-corrected chi connectivity index (χ2v) is 4.44. The van der Waals surface area contributed by atoms with Crippen molar-refractivity contribution in [1.82, 2.24) is 14.8 Å². The van der Waals surface area contributed by atoms with Crippen LogP contribution < -0.4 is 11.1 Å². The van der Waals surface area contributed by atoms with Crippen molar-refractivity contribution in [3.8, 4) is 0 Å². The molecule has 1 aromatic carbocycles. The third-order valence-electron chi connectivity index (χ3n) is 2.93. The molecule has 7 nitrogen and oxygen atoms in total. The molecule has 2 aromatic heterocycles. The molecular formula is C13H13N5O2. The Morgan fingerprint density at radius 2 is 2.25 bits per heavy atom. The Kier molecular flexibility index (Phi) is 2.67. The molecule has 0 aliphatic carbocycles. The van der Waals surface area contributed by atoms with Gasteiger partial charge in [0, 0.05) is 19.7 Å². The van der Waals surface area contributed by atoms with Crippen LogP contribution in [0.15, 0.2) is 28.8 Å². The summed E-state index contributed by atoms with van der Waals surface area (Å²) in [5.41, 5.74) is 8.37. The number of anilines is 2. The van der Waals surface area contributed by atoms with E-state index in [9.17, 15) is 4.79 Å². The molecule has 0 aliphatic rings.